The second-order valence-corrected chi connectivity index (χ2v) is 8.85. The number of nitrogens with two attached hydrogens (primary N) is 1. The van der Waals surface area contributed by atoms with Gasteiger partial charge in [0.05, 0.1) is 23.5 Å². The number of hydrogen-bond donors (Lipinski definition) is 1. The highest BCUT2D eigenvalue weighted by atomic mass is 35.5. The number of aromatic nitrogens is 3. The number of nitrogens with zero attached hydrogens (tertiary/aromatic N) is 4. The number of rotatable bonds is 4. The van der Waals surface area contributed by atoms with Crippen LogP contribution in [0.25, 0.3) is 0 Å². The maximum atomic E-state index is 6.20. The molecule has 2 N–H and O–H groups in total. The number of piperidine rings is 1. The second kappa shape index (κ2) is 7.81. The number of anilines is 2. The van der Waals surface area contributed by atoms with Gasteiger partial charge in [0.1, 0.15) is 16.7 Å². The van der Waals surface area contributed by atoms with Crippen LogP contribution >= 0.6 is 23.4 Å². The molecule has 1 aliphatic carbocycles. The molecule has 27 heavy (non-hydrogen) atoms. The quantitative estimate of drug-likeness (QED) is 0.822. The lowest BCUT2D eigenvalue weighted by molar-refractivity contribution is 0.0895. The summed E-state index contributed by atoms with van der Waals surface area (Å²) >= 11 is 7.65. The number of halogens is 1. The minimum atomic E-state index is 0.330. The molecule has 1 spiro atoms. The zero-order valence-electron chi connectivity index (χ0n) is 15.4. The molecule has 1 unspecified atom stereocenters. The van der Waals surface area contributed by atoms with Crippen LogP contribution in [0.2, 0.25) is 5.02 Å². The lowest BCUT2D eigenvalue weighted by atomic mass is 9.77. The Hall–Kier alpha value is -1.57. The fourth-order valence-electron chi connectivity index (χ4n) is 4.18. The van der Waals surface area contributed by atoms with Gasteiger partial charge in [0.25, 0.3) is 0 Å². The van der Waals surface area contributed by atoms with Crippen molar-refractivity contribution in [1.29, 1.82) is 0 Å². The fourth-order valence-corrected chi connectivity index (χ4v) is 5.16. The molecule has 0 bridgehead atoms. The molecule has 2 aliphatic rings. The van der Waals surface area contributed by atoms with Gasteiger partial charge in [-0.3, -0.25) is 0 Å². The van der Waals surface area contributed by atoms with Gasteiger partial charge in [-0.2, -0.15) is 0 Å². The van der Waals surface area contributed by atoms with E-state index < -0.39 is 0 Å². The summed E-state index contributed by atoms with van der Waals surface area (Å²) in [5.74, 6) is 1.27. The smallest absolute Gasteiger partial charge is 0.147 e. The van der Waals surface area contributed by atoms with Crippen LogP contribution in [0.5, 0.6) is 0 Å². The molecule has 0 radical (unpaired) electrons. The van der Waals surface area contributed by atoms with E-state index in [1.165, 1.54) is 43.9 Å². The summed E-state index contributed by atoms with van der Waals surface area (Å²) in [5, 5.41) is 1.25. The standard InChI is InChI=1S/C19H24ClN5OS/c1-26-13-2-4-19(10-13)5-8-25(9-6-19)15-11-24-16(12-23-15)27-14-3-7-22-18(21)17(14)20/h3,7,11-13H,2,4-6,8-10H2,1H3,(H2,21,22). The van der Waals surface area contributed by atoms with Gasteiger partial charge in [0, 0.05) is 31.3 Å². The monoisotopic (exact) mass is 405 g/mol. The highest BCUT2D eigenvalue weighted by molar-refractivity contribution is 7.99. The Labute approximate surface area is 168 Å². The van der Waals surface area contributed by atoms with Crippen molar-refractivity contribution >= 4 is 35.0 Å². The van der Waals surface area contributed by atoms with E-state index in [9.17, 15) is 0 Å². The molecule has 8 heteroatoms. The molecule has 2 fully saturated rings. The van der Waals surface area contributed by atoms with E-state index in [0.717, 1.165) is 28.8 Å². The number of ether oxygens (including phenoxy) is 1. The normalized spacial score (nSPS) is 21.7. The summed E-state index contributed by atoms with van der Waals surface area (Å²) < 4.78 is 5.57. The Balaban J connectivity index is 1.38. The van der Waals surface area contributed by atoms with Crippen molar-refractivity contribution in [1.82, 2.24) is 15.0 Å². The van der Waals surface area contributed by atoms with Crippen LogP contribution in [0, 0.1) is 5.41 Å². The largest absolute Gasteiger partial charge is 0.382 e. The summed E-state index contributed by atoms with van der Waals surface area (Å²) in [7, 11) is 1.83. The van der Waals surface area contributed by atoms with Gasteiger partial charge in [-0.05, 0) is 43.6 Å². The third-order valence-electron chi connectivity index (χ3n) is 5.85. The summed E-state index contributed by atoms with van der Waals surface area (Å²) in [6.45, 7) is 2.06. The first-order valence-electron chi connectivity index (χ1n) is 9.26. The summed E-state index contributed by atoms with van der Waals surface area (Å²) in [4.78, 5) is 16.3. The van der Waals surface area contributed by atoms with Crippen LogP contribution in [0.3, 0.4) is 0 Å². The zero-order valence-corrected chi connectivity index (χ0v) is 17.0. The van der Waals surface area contributed by atoms with E-state index in [1.807, 2.05) is 19.4 Å². The van der Waals surface area contributed by atoms with Crippen molar-refractivity contribution < 1.29 is 4.74 Å². The van der Waals surface area contributed by atoms with Crippen LogP contribution in [0.1, 0.15) is 32.1 Å². The second-order valence-electron chi connectivity index (χ2n) is 7.41. The maximum Gasteiger partial charge on any atom is 0.147 e. The van der Waals surface area contributed by atoms with Crippen LogP contribution in [0.4, 0.5) is 11.6 Å². The molecule has 1 aliphatic heterocycles. The summed E-state index contributed by atoms with van der Waals surface area (Å²) in [6, 6.07) is 1.83. The predicted octanol–water partition coefficient (Wildman–Crippen LogP) is 4.04. The Kier molecular flexibility index (Phi) is 5.43. The van der Waals surface area contributed by atoms with Gasteiger partial charge in [-0.1, -0.05) is 23.4 Å². The van der Waals surface area contributed by atoms with Crippen LogP contribution < -0.4 is 10.6 Å². The maximum absolute atomic E-state index is 6.20. The first-order chi connectivity index (χ1) is 13.1. The highest BCUT2D eigenvalue weighted by Crippen LogP contribution is 2.47. The van der Waals surface area contributed by atoms with E-state index in [0.29, 0.717) is 22.4 Å². The Morgan fingerprint density at radius 3 is 2.70 bits per heavy atom. The highest BCUT2D eigenvalue weighted by Gasteiger charge is 2.41. The van der Waals surface area contributed by atoms with E-state index in [1.54, 1.807) is 12.4 Å². The molecule has 1 atom stereocenters. The van der Waals surface area contributed by atoms with Crippen molar-refractivity contribution in [2.75, 3.05) is 30.8 Å². The Morgan fingerprint density at radius 2 is 2.04 bits per heavy atom. The molecule has 1 saturated heterocycles. The minimum absolute atomic E-state index is 0.330. The van der Waals surface area contributed by atoms with E-state index in [2.05, 4.69) is 19.9 Å². The SMILES string of the molecule is COC1CCC2(CCN(c3cnc(Sc4ccnc(N)c4Cl)cn3)CC2)C1. The van der Waals surface area contributed by atoms with Gasteiger partial charge in [-0.15, -0.1) is 0 Å². The fraction of sp³-hybridized carbons (Fsp3) is 0.526. The minimum Gasteiger partial charge on any atom is -0.382 e. The number of pyridine rings is 1. The lowest BCUT2D eigenvalue weighted by Crippen LogP contribution is -2.39. The molecule has 2 aromatic rings. The summed E-state index contributed by atoms with van der Waals surface area (Å²) in [6.07, 6.45) is 11.8. The molecule has 3 heterocycles. The molecule has 2 aromatic heterocycles. The van der Waals surface area contributed by atoms with Crippen molar-refractivity contribution in [3.05, 3.63) is 29.7 Å². The number of hydrogen-bond acceptors (Lipinski definition) is 7. The van der Waals surface area contributed by atoms with Crippen LogP contribution in [-0.4, -0.2) is 41.3 Å². The lowest BCUT2D eigenvalue weighted by Gasteiger charge is -2.40. The van der Waals surface area contributed by atoms with Gasteiger partial charge in [0.2, 0.25) is 0 Å². The van der Waals surface area contributed by atoms with Crippen molar-refractivity contribution in [2.45, 2.75) is 48.1 Å². The summed E-state index contributed by atoms with van der Waals surface area (Å²) in [5.41, 5.74) is 6.23. The molecule has 4 rings (SSSR count). The number of methoxy groups -OCH3 is 1. The molecule has 144 valence electrons. The molecule has 0 aromatic carbocycles. The van der Waals surface area contributed by atoms with E-state index in [4.69, 9.17) is 22.1 Å². The van der Waals surface area contributed by atoms with Crippen LogP contribution in [0.15, 0.2) is 34.6 Å². The van der Waals surface area contributed by atoms with Gasteiger partial charge >= 0.3 is 0 Å². The van der Waals surface area contributed by atoms with Gasteiger partial charge in [0.15, 0.2) is 0 Å². The predicted molar refractivity (Wildman–Crippen MR) is 108 cm³/mol. The average Bonchev–Trinajstić information content (AvgIpc) is 3.10. The third kappa shape index (κ3) is 4.00. The third-order valence-corrected chi connectivity index (χ3v) is 7.34. The zero-order chi connectivity index (χ0) is 18.9. The Bertz CT molecular complexity index is 795. The Morgan fingerprint density at radius 1 is 1.22 bits per heavy atom. The average molecular weight is 406 g/mol. The molecular formula is C19H24ClN5OS. The van der Waals surface area contributed by atoms with Crippen LogP contribution in [-0.2, 0) is 4.74 Å². The first-order valence-corrected chi connectivity index (χ1v) is 10.5. The van der Waals surface area contributed by atoms with Gasteiger partial charge in [-0.25, -0.2) is 15.0 Å². The van der Waals surface area contributed by atoms with Gasteiger partial charge < -0.3 is 15.4 Å². The van der Waals surface area contributed by atoms with Crippen molar-refractivity contribution in [3.8, 4) is 0 Å². The topological polar surface area (TPSA) is 77.2 Å². The van der Waals surface area contributed by atoms with Crippen molar-refractivity contribution in [2.24, 2.45) is 5.41 Å². The molecular weight excluding hydrogens is 382 g/mol. The van der Waals surface area contributed by atoms with E-state index in [-0.39, 0.29) is 0 Å². The van der Waals surface area contributed by atoms with E-state index >= 15 is 0 Å². The molecule has 1 saturated carbocycles. The first kappa shape index (κ1) is 18.8. The molecule has 0 amide bonds. The molecule has 6 nitrogen and oxygen atoms in total. The van der Waals surface area contributed by atoms with Crippen molar-refractivity contribution in [3.63, 3.8) is 0 Å². The number of nitrogen functional groups attached to an aromatic ring is 1.